The lowest BCUT2D eigenvalue weighted by Gasteiger charge is -2.38. The molecule has 0 spiro atoms. The van der Waals surface area contributed by atoms with Crippen LogP contribution in [0.5, 0.6) is 0 Å². The van der Waals surface area contributed by atoms with Crippen LogP contribution in [0.3, 0.4) is 0 Å². The molecule has 0 saturated carbocycles. The summed E-state index contributed by atoms with van der Waals surface area (Å²) in [6, 6.07) is 6.62. The molecule has 2 amide bonds. The van der Waals surface area contributed by atoms with Gasteiger partial charge in [-0.15, -0.1) is 0 Å². The van der Waals surface area contributed by atoms with Crippen molar-refractivity contribution in [1.82, 2.24) is 9.80 Å². The van der Waals surface area contributed by atoms with Crippen molar-refractivity contribution in [2.45, 2.75) is 13.0 Å². The fourth-order valence-corrected chi connectivity index (χ4v) is 2.22. The van der Waals surface area contributed by atoms with Crippen molar-refractivity contribution in [3.8, 4) is 0 Å². The van der Waals surface area contributed by atoms with E-state index < -0.39 is 6.09 Å². The van der Waals surface area contributed by atoms with E-state index in [4.69, 9.17) is 10.8 Å². The number of benzene rings is 1. The van der Waals surface area contributed by atoms with Crippen LogP contribution in [0.15, 0.2) is 24.3 Å². The molecule has 1 aromatic carbocycles. The van der Waals surface area contributed by atoms with Crippen molar-refractivity contribution in [2.75, 3.05) is 25.4 Å². The van der Waals surface area contributed by atoms with Gasteiger partial charge in [-0.2, -0.15) is 0 Å². The molecule has 1 unspecified atom stereocenters. The molecule has 1 aliphatic rings. The molecule has 6 nitrogen and oxygen atoms in total. The molecule has 0 aliphatic carbocycles. The molecule has 1 fully saturated rings. The maximum Gasteiger partial charge on any atom is 0.407 e. The molecular weight excluding hydrogens is 246 g/mol. The van der Waals surface area contributed by atoms with E-state index in [9.17, 15) is 9.59 Å². The lowest BCUT2D eigenvalue weighted by atomic mass is 10.1. The molecule has 1 aromatic rings. The van der Waals surface area contributed by atoms with E-state index in [1.807, 2.05) is 6.92 Å². The van der Waals surface area contributed by atoms with E-state index in [-0.39, 0.29) is 11.9 Å². The molecule has 102 valence electrons. The molecule has 3 N–H and O–H groups in total. The molecule has 0 bridgehead atoms. The largest absolute Gasteiger partial charge is 0.465 e. The molecule has 1 aliphatic heterocycles. The van der Waals surface area contributed by atoms with Crippen LogP contribution in [-0.2, 0) is 0 Å². The van der Waals surface area contributed by atoms with Gasteiger partial charge in [-0.05, 0) is 31.2 Å². The highest BCUT2D eigenvalue weighted by Crippen LogP contribution is 2.15. The minimum absolute atomic E-state index is 0.0856. The maximum atomic E-state index is 12.3. The van der Waals surface area contributed by atoms with Gasteiger partial charge in [-0.1, -0.05) is 0 Å². The molecule has 6 heteroatoms. The molecule has 1 atom stereocenters. The van der Waals surface area contributed by atoms with E-state index in [0.717, 1.165) is 0 Å². The lowest BCUT2D eigenvalue weighted by molar-refractivity contribution is 0.0484. The maximum absolute atomic E-state index is 12.3. The highest BCUT2D eigenvalue weighted by molar-refractivity contribution is 5.94. The third-order valence-electron chi connectivity index (χ3n) is 3.32. The molecule has 0 aromatic heterocycles. The molecular formula is C13H17N3O3. The highest BCUT2D eigenvalue weighted by atomic mass is 16.4. The van der Waals surface area contributed by atoms with Crippen molar-refractivity contribution in [1.29, 1.82) is 0 Å². The van der Waals surface area contributed by atoms with E-state index in [1.165, 1.54) is 4.90 Å². The second kappa shape index (κ2) is 5.17. The Hall–Kier alpha value is -2.24. The number of nitrogen functional groups attached to an aromatic ring is 1. The fourth-order valence-electron chi connectivity index (χ4n) is 2.22. The predicted octanol–water partition coefficient (Wildman–Crippen LogP) is 1.09. The number of carbonyl (C=O) groups is 2. The highest BCUT2D eigenvalue weighted by Gasteiger charge is 2.29. The Morgan fingerprint density at radius 1 is 1.26 bits per heavy atom. The van der Waals surface area contributed by atoms with Gasteiger partial charge in [0.05, 0.1) is 0 Å². The molecule has 2 rings (SSSR count). The summed E-state index contributed by atoms with van der Waals surface area (Å²) in [7, 11) is 0. The first kappa shape index (κ1) is 13.2. The second-order valence-electron chi connectivity index (χ2n) is 4.70. The van der Waals surface area contributed by atoms with Crippen LogP contribution in [0.2, 0.25) is 0 Å². The second-order valence-corrected chi connectivity index (χ2v) is 4.70. The predicted molar refractivity (Wildman–Crippen MR) is 71.0 cm³/mol. The Balaban J connectivity index is 2.08. The summed E-state index contributed by atoms with van der Waals surface area (Å²) in [5.41, 5.74) is 6.77. The average Bonchev–Trinajstić information content (AvgIpc) is 2.38. The van der Waals surface area contributed by atoms with Gasteiger partial charge in [0.15, 0.2) is 0 Å². The number of amides is 2. The first-order chi connectivity index (χ1) is 8.99. The fraction of sp³-hybridized carbons (Fsp3) is 0.385. The standard InChI is InChI=1S/C13H17N3O3/c1-9-8-15(13(18)19)6-7-16(9)12(17)10-2-4-11(14)5-3-10/h2-5,9H,6-8,14H2,1H3,(H,18,19). The zero-order chi connectivity index (χ0) is 14.0. The zero-order valence-electron chi connectivity index (χ0n) is 10.7. The smallest absolute Gasteiger partial charge is 0.407 e. The summed E-state index contributed by atoms with van der Waals surface area (Å²) in [5, 5.41) is 8.94. The quantitative estimate of drug-likeness (QED) is 0.743. The number of rotatable bonds is 1. The van der Waals surface area contributed by atoms with Gasteiger partial charge in [-0.3, -0.25) is 4.79 Å². The molecule has 19 heavy (non-hydrogen) atoms. The lowest BCUT2D eigenvalue weighted by Crippen LogP contribution is -2.55. The Morgan fingerprint density at radius 2 is 1.89 bits per heavy atom. The Bertz CT molecular complexity index is 486. The number of carbonyl (C=O) groups excluding carboxylic acids is 1. The van der Waals surface area contributed by atoms with Crippen LogP contribution < -0.4 is 5.73 Å². The number of nitrogens with zero attached hydrogens (tertiary/aromatic N) is 2. The summed E-state index contributed by atoms with van der Waals surface area (Å²) >= 11 is 0. The monoisotopic (exact) mass is 263 g/mol. The van der Waals surface area contributed by atoms with Crippen LogP contribution in [0, 0.1) is 0 Å². The van der Waals surface area contributed by atoms with Crippen LogP contribution in [-0.4, -0.2) is 52.6 Å². The van der Waals surface area contributed by atoms with Crippen LogP contribution in [0.25, 0.3) is 0 Å². The summed E-state index contributed by atoms with van der Waals surface area (Å²) in [6.45, 7) is 2.96. The van der Waals surface area contributed by atoms with Crippen molar-refractivity contribution in [3.63, 3.8) is 0 Å². The zero-order valence-corrected chi connectivity index (χ0v) is 10.7. The average molecular weight is 263 g/mol. The normalized spacial score (nSPS) is 19.3. The van der Waals surface area contributed by atoms with E-state index in [2.05, 4.69) is 0 Å². The van der Waals surface area contributed by atoms with Gasteiger partial charge in [0.25, 0.3) is 5.91 Å². The van der Waals surface area contributed by atoms with Gasteiger partial charge in [0.2, 0.25) is 0 Å². The van der Waals surface area contributed by atoms with Crippen molar-refractivity contribution < 1.29 is 14.7 Å². The van der Waals surface area contributed by atoms with Crippen molar-refractivity contribution in [3.05, 3.63) is 29.8 Å². The van der Waals surface area contributed by atoms with Gasteiger partial charge in [-0.25, -0.2) is 4.79 Å². The van der Waals surface area contributed by atoms with Crippen molar-refractivity contribution >= 4 is 17.7 Å². The number of piperazine rings is 1. The first-order valence-corrected chi connectivity index (χ1v) is 6.13. The van der Waals surface area contributed by atoms with E-state index >= 15 is 0 Å². The number of carboxylic acid groups (broad SMARTS) is 1. The summed E-state index contributed by atoms with van der Waals surface area (Å²) in [4.78, 5) is 26.2. The molecule has 1 saturated heterocycles. The van der Waals surface area contributed by atoms with Crippen LogP contribution in [0.4, 0.5) is 10.5 Å². The third kappa shape index (κ3) is 2.78. The summed E-state index contributed by atoms with van der Waals surface area (Å²) < 4.78 is 0. The number of hydrogen-bond donors (Lipinski definition) is 2. The van der Waals surface area contributed by atoms with Crippen LogP contribution in [0.1, 0.15) is 17.3 Å². The Labute approximate surface area is 111 Å². The number of anilines is 1. The van der Waals surface area contributed by atoms with E-state index in [0.29, 0.717) is 30.9 Å². The van der Waals surface area contributed by atoms with Crippen LogP contribution >= 0.6 is 0 Å². The van der Waals surface area contributed by atoms with Gasteiger partial charge >= 0.3 is 6.09 Å². The Kier molecular flexibility index (Phi) is 3.59. The van der Waals surface area contributed by atoms with E-state index in [1.54, 1.807) is 29.2 Å². The third-order valence-corrected chi connectivity index (χ3v) is 3.32. The van der Waals surface area contributed by atoms with Gasteiger partial charge < -0.3 is 20.6 Å². The molecule has 0 radical (unpaired) electrons. The number of nitrogens with two attached hydrogens (primary N) is 1. The summed E-state index contributed by atoms with van der Waals surface area (Å²) in [6.07, 6.45) is -0.938. The number of hydrogen-bond acceptors (Lipinski definition) is 3. The topological polar surface area (TPSA) is 86.9 Å². The first-order valence-electron chi connectivity index (χ1n) is 6.13. The summed E-state index contributed by atoms with van der Waals surface area (Å²) in [5.74, 6) is -0.0856. The molecule has 1 heterocycles. The van der Waals surface area contributed by atoms with Gasteiger partial charge in [0, 0.05) is 36.9 Å². The minimum Gasteiger partial charge on any atom is -0.465 e. The Morgan fingerprint density at radius 3 is 2.42 bits per heavy atom. The van der Waals surface area contributed by atoms with Gasteiger partial charge in [0.1, 0.15) is 0 Å². The minimum atomic E-state index is -0.938. The van der Waals surface area contributed by atoms with Crippen molar-refractivity contribution in [2.24, 2.45) is 0 Å². The SMILES string of the molecule is CC1CN(C(=O)O)CCN1C(=O)c1ccc(N)cc1.